The van der Waals surface area contributed by atoms with Crippen LogP contribution in [-0.4, -0.2) is 32.2 Å². The van der Waals surface area contributed by atoms with Crippen molar-refractivity contribution in [2.24, 2.45) is 0 Å². The molecule has 0 unspecified atom stereocenters. The van der Waals surface area contributed by atoms with E-state index in [1.807, 2.05) is 30.3 Å². The van der Waals surface area contributed by atoms with Crippen LogP contribution in [0.5, 0.6) is 0 Å². The molecule has 0 saturated carbocycles. The molecule has 0 spiro atoms. The Morgan fingerprint density at radius 2 is 1.90 bits per heavy atom. The van der Waals surface area contributed by atoms with Gasteiger partial charge in [0.2, 0.25) is 10.0 Å². The van der Waals surface area contributed by atoms with Crippen LogP contribution in [0.1, 0.15) is 48.0 Å². The number of rotatable bonds is 8. The maximum atomic E-state index is 13.0. The minimum Gasteiger partial charge on any atom is -0.352 e. The van der Waals surface area contributed by atoms with Crippen molar-refractivity contribution in [1.82, 2.24) is 9.62 Å². The third-order valence-corrected chi connectivity index (χ3v) is 7.38. The SMILES string of the molecule is CN(Cc1ccccc1)S(=O)(=O)c1ccc(Cl)c(C(=O)NCCC2=CCCCC2)c1. The molecular weight excluding hydrogens is 420 g/mol. The Kier molecular flexibility index (Phi) is 7.69. The van der Waals surface area contributed by atoms with Crippen molar-refractivity contribution in [2.75, 3.05) is 13.6 Å². The van der Waals surface area contributed by atoms with E-state index in [1.165, 1.54) is 48.0 Å². The van der Waals surface area contributed by atoms with E-state index < -0.39 is 10.0 Å². The number of benzene rings is 2. The smallest absolute Gasteiger partial charge is 0.252 e. The lowest BCUT2D eigenvalue weighted by atomic mass is 9.97. The summed E-state index contributed by atoms with van der Waals surface area (Å²) in [6.45, 7) is 0.744. The Morgan fingerprint density at radius 1 is 1.13 bits per heavy atom. The molecule has 0 aliphatic heterocycles. The van der Waals surface area contributed by atoms with Gasteiger partial charge in [-0.1, -0.05) is 53.6 Å². The van der Waals surface area contributed by atoms with Crippen LogP contribution in [0.4, 0.5) is 0 Å². The summed E-state index contributed by atoms with van der Waals surface area (Å²) in [7, 11) is -2.24. The highest BCUT2D eigenvalue weighted by Crippen LogP contribution is 2.24. The number of amides is 1. The van der Waals surface area contributed by atoms with Gasteiger partial charge in [0.1, 0.15) is 0 Å². The predicted octanol–water partition coefficient (Wildman–Crippen LogP) is 4.78. The molecule has 0 fully saturated rings. The molecule has 1 aliphatic rings. The third-order valence-electron chi connectivity index (χ3n) is 5.26. The Bertz CT molecular complexity index is 1020. The molecule has 0 heterocycles. The lowest BCUT2D eigenvalue weighted by Gasteiger charge is -2.18. The molecule has 0 radical (unpaired) electrons. The summed E-state index contributed by atoms with van der Waals surface area (Å²) >= 11 is 6.20. The number of nitrogens with zero attached hydrogens (tertiary/aromatic N) is 1. The number of nitrogens with one attached hydrogen (secondary N) is 1. The number of allylic oxidation sites excluding steroid dienone is 1. The van der Waals surface area contributed by atoms with Gasteiger partial charge in [0.15, 0.2) is 0 Å². The molecule has 1 aliphatic carbocycles. The minimum atomic E-state index is -3.76. The highest BCUT2D eigenvalue weighted by molar-refractivity contribution is 7.89. The molecule has 2 aromatic carbocycles. The standard InChI is InChI=1S/C23H27ClN2O3S/c1-26(17-19-10-6-3-7-11-19)30(28,29)20-12-13-22(24)21(16-20)23(27)25-15-14-18-8-4-2-5-9-18/h3,6-8,10-13,16H,2,4-5,9,14-15,17H2,1H3,(H,25,27). The van der Waals surface area contributed by atoms with Gasteiger partial charge in [0.25, 0.3) is 5.91 Å². The summed E-state index contributed by atoms with van der Waals surface area (Å²) in [5.41, 5.74) is 2.42. The first-order chi connectivity index (χ1) is 14.4. The summed E-state index contributed by atoms with van der Waals surface area (Å²) in [5, 5.41) is 3.09. The monoisotopic (exact) mass is 446 g/mol. The molecule has 30 heavy (non-hydrogen) atoms. The van der Waals surface area contributed by atoms with Gasteiger partial charge in [-0.15, -0.1) is 0 Å². The van der Waals surface area contributed by atoms with Crippen LogP contribution in [0.3, 0.4) is 0 Å². The first-order valence-electron chi connectivity index (χ1n) is 10.1. The second-order valence-corrected chi connectivity index (χ2v) is 9.95. The first kappa shape index (κ1) is 22.5. The van der Waals surface area contributed by atoms with Gasteiger partial charge in [-0.2, -0.15) is 4.31 Å². The molecule has 0 saturated heterocycles. The number of sulfonamides is 1. The van der Waals surface area contributed by atoms with Crippen molar-refractivity contribution in [1.29, 1.82) is 0 Å². The molecule has 3 rings (SSSR count). The summed E-state index contributed by atoms with van der Waals surface area (Å²) < 4.78 is 27.2. The zero-order chi connectivity index (χ0) is 21.6. The molecule has 2 aromatic rings. The molecule has 1 amide bonds. The van der Waals surface area contributed by atoms with Crippen LogP contribution in [0, 0.1) is 0 Å². The number of halogens is 1. The second-order valence-electron chi connectivity index (χ2n) is 7.50. The lowest BCUT2D eigenvalue weighted by molar-refractivity contribution is 0.0954. The fourth-order valence-corrected chi connectivity index (χ4v) is 4.90. The highest BCUT2D eigenvalue weighted by atomic mass is 35.5. The van der Waals surface area contributed by atoms with E-state index >= 15 is 0 Å². The Labute approximate surface area is 183 Å². The number of hydrogen-bond acceptors (Lipinski definition) is 3. The van der Waals surface area contributed by atoms with Crippen LogP contribution < -0.4 is 5.32 Å². The maximum absolute atomic E-state index is 13.0. The molecule has 7 heteroatoms. The average Bonchev–Trinajstić information content (AvgIpc) is 2.75. The van der Waals surface area contributed by atoms with Crippen molar-refractivity contribution >= 4 is 27.5 Å². The third kappa shape index (κ3) is 5.72. The summed E-state index contributed by atoms with van der Waals surface area (Å²) in [5.74, 6) is -0.362. The van der Waals surface area contributed by atoms with Crippen molar-refractivity contribution < 1.29 is 13.2 Å². The summed E-state index contributed by atoms with van der Waals surface area (Å²) in [6, 6.07) is 13.6. The Morgan fingerprint density at radius 3 is 2.60 bits per heavy atom. The molecule has 5 nitrogen and oxygen atoms in total. The van der Waals surface area contributed by atoms with Gasteiger partial charge >= 0.3 is 0 Å². The van der Waals surface area contributed by atoms with Crippen LogP contribution in [0.2, 0.25) is 5.02 Å². The van der Waals surface area contributed by atoms with E-state index in [2.05, 4.69) is 11.4 Å². The minimum absolute atomic E-state index is 0.0467. The largest absolute Gasteiger partial charge is 0.352 e. The van der Waals surface area contributed by atoms with Crippen molar-refractivity contribution in [3.8, 4) is 0 Å². The zero-order valence-electron chi connectivity index (χ0n) is 17.1. The maximum Gasteiger partial charge on any atom is 0.252 e. The predicted molar refractivity (Wildman–Crippen MR) is 120 cm³/mol. The molecule has 0 atom stereocenters. The van der Waals surface area contributed by atoms with Crippen molar-refractivity contribution in [2.45, 2.75) is 43.5 Å². The molecular formula is C23H27ClN2O3S. The highest BCUT2D eigenvalue weighted by Gasteiger charge is 2.23. The van der Waals surface area contributed by atoms with Crippen LogP contribution in [-0.2, 0) is 16.6 Å². The fraction of sp³-hybridized carbons (Fsp3) is 0.348. The lowest BCUT2D eigenvalue weighted by Crippen LogP contribution is -2.28. The van der Waals surface area contributed by atoms with Crippen LogP contribution >= 0.6 is 11.6 Å². The van der Waals surface area contributed by atoms with Gasteiger partial charge in [-0.3, -0.25) is 4.79 Å². The van der Waals surface area contributed by atoms with E-state index in [9.17, 15) is 13.2 Å². The van der Waals surface area contributed by atoms with Gasteiger partial charge in [-0.05, 0) is 55.9 Å². The van der Waals surface area contributed by atoms with E-state index in [1.54, 1.807) is 0 Å². The zero-order valence-corrected chi connectivity index (χ0v) is 18.7. The molecule has 0 aromatic heterocycles. The van der Waals surface area contributed by atoms with E-state index in [4.69, 9.17) is 11.6 Å². The number of carbonyl (C=O) groups is 1. The van der Waals surface area contributed by atoms with E-state index in [0.717, 1.165) is 24.8 Å². The van der Waals surface area contributed by atoms with Gasteiger partial charge in [-0.25, -0.2) is 8.42 Å². The van der Waals surface area contributed by atoms with Gasteiger partial charge in [0, 0.05) is 20.1 Å². The van der Waals surface area contributed by atoms with Crippen molar-refractivity contribution in [3.63, 3.8) is 0 Å². The Hall–Kier alpha value is -2.15. The topological polar surface area (TPSA) is 66.5 Å². The second kappa shape index (κ2) is 10.2. The quantitative estimate of drug-likeness (QED) is 0.593. The van der Waals surface area contributed by atoms with E-state index in [-0.39, 0.29) is 27.9 Å². The Balaban J connectivity index is 1.70. The fourth-order valence-electron chi connectivity index (χ4n) is 3.51. The molecule has 160 valence electrons. The number of carbonyl (C=O) groups excluding carboxylic acids is 1. The summed E-state index contributed by atoms with van der Waals surface area (Å²) in [6.07, 6.45) is 7.66. The first-order valence-corrected chi connectivity index (χ1v) is 12.0. The molecule has 1 N–H and O–H groups in total. The summed E-state index contributed by atoms with van der Waals surface area (Å²) in [4.78, 5) is 12.7. The average molecular weight is 447 g/mol. The van der Waals surface area contributed by atoms with Crippen molar-refractivity contribution in [3.05, 3.63) is 76.3 Å². The van der Waals surface area contributed by atoms with Crippen LogP contribution in [0.25, 0.3) is 0 Å². The van der Waals surface area contributed by atoms with Gasteiger partial charge in [0.05, 0.1) is 15.5 Å². The molecule has 0 bridgehead atoms. The normalized spacial score (nSPS) is 14.4. The number of hydrogen-bond donors (Lipinski definition) is 1. The van der Waals surface area contributed by atoms with Gasteiger partial charge < -0.3 is 5.32 Å². The van der Waals surface area contributed by atoms with E-state index in [0.29, 0.717) is 6.54 Å². The van der Waals surface area contributed by atoms with Crippen LogP contribution in [0.15, 0.2) is 65.1 Å².